The van der Waals surface area contributed by atoms with Crippen molar-refractivity contribution < 1.29 is 14.3 Å². The summed E-state index contributed by atoms with van der Waals surface area (Å²) < 4.78 is 5.15. The van der Waals surface area contributed by atoms with Crippen LogP contribution in [-0.4, -0.2) is 41.6 Å². The van der Waals surface area contributed by atoms with E-state index < -0.39 is 17.7 Å². The van der Waals surface area contributed by atoms with Crippen LogP contribution in [0.1, 0.15) is 47.5 Å². The number of piperidine rings is 1. The average molecular weight is 270 g/mol. The molecule has 0 spiro atoms. The Kier molecular flexibility index (Phi) is 5.20. The summed E-state index contributed by atoms with van der Waals surface area (Å²) >= 11 is 0. The zero-order chi connectivity index (χ0) is 14.6. The van der Waals surface area contributed by atoms with E-state index >= 15 is 0 Å². The van der Waals surface area contributed by atoms with E-state index in [1.54, 1.807) is 27.7 Å². The quantitative estimate of drug-likeness (QED) is 0.836. The molecular formula is C14H26N2O3. The summed E-state index contributed by atoms with van der Waals surface area (Å²) in [7, 11) is 0. The fraction of sp³-hybridized carbons (Fsp3) is 0.857. The van der Waals surface area contributed by atoms with Crippen LogP contribution in [-0.2, 0) is 9.53 Å². The van der Waals surface area contributed by atoms with E-state index in [1.807, 2.05) is 4.90 Å². The third-order valence-electron chi connectivity index (χ3n) is 3.07. The van der Waals surface area contributed by atoms with Gasteiger partial charge in [0.05, 0.1) is 0 Å². The van der Waals surface area contributed by atoms with Crippen LogP contribution in [0.5, 0.6) is 0 Å². The monoisotopic (exact) mass is 270 g/mol. The molecule has 5 nitrogen and oxygen atoms in total. The molecule has 0 aromatic carbocycles. The molecule has 0 saturated carbocycles. The molecule has 2 unspecified atom stereocenters. The van der Waals surface area contributed by atoms with Crippen molar-refractivity contribution in [1.29, 1.82) is 0 Å². The standard InChI is InChI=1S/C14H26N2O3/c1-10-7-6-8-16(9-10)12(17)11(2)15-13(18)19-14(3,4)5/h10-11H,6-9H2,1-5H3,(H,15,18). The Morgan fingerprint density at radius 3 is 2.53 bits per heavy atom. The van der Waals surface area contributed by atoms with Gasteiger partial charge in [-0.25, -0.2) is 4.79 Å². The SMILES string of the molecule is CC1CCCN(C(=O)C(C)NC(=O)OC(C)(C)C)C1. The van der Waals surface area contributed by atoms with Crippen LogP contribution < -0.4 is 5.32 Å². The molecule has 2 atom stereocenters. The average Bonchev–Trinajstić information content (AvgIpc) is 2.25. The molecule has 0 aromatic heterocycles. The molecule has 19 heavy (non-hydrogen) atoms. The molecule has 1 aliphatic rings. The predicted octanol–water partition coefficient (Wildman–Crippen LogP) is 2.16. The normalized spacial score (nSPS) is 21.7. The number of nitrogens with zero attached hydrogens (tertiary/aromatic N) is 1. The summed E-state index contributed by atoms with van der Waals surface area (Å²) in [4.78, 5) is 25.6. The number of ether oxygens (including phenoxy) is 1. The van der Waals surface area contributed by atoms with Gasteiger partial charge in [-0.15, -0.1) is 0 Å². The summed E-state index contributed by atoms with van der Waals surface area (Å²) in [5.41, 5.74) is -0.549. The molecule has 110 valence electrons. The van der Waals surface area contributed by atoms with Gasteiger partial charge in [0.15, 0.2) is 0 Å². The molecule has 0 radical (unpaired) electrons. The van der Waals surface area contributed by atoms with Crippen molar-refractivity contribution in [2.45, 2.75) is 59.1 Å². The molecule has 0 aliphatic carbocycles. The predicted molar refractivity (Wildman–Crippen MR) is 73.8 cm³/mol. The van der Waals surface area contributed by atoms with Gasteiger partial charge in [0, 0.05) is 13.1 Å². The third-order valence-corrected chi connectivity index (χ3v) is 3.07. The number of carbonyl (C=O) groups excluding carboxylic acids is 2. The maximum Gasteiger partial charge on any atom is 0.408 e. The van der Waals surface area contributed by atoms with Crippen molar-refractivity contribution >= 4 is 12.0 Å². The molecule has 2 amide bonds. The number of hydrogen-bond acceptors (Lipinski definition) is 3. The van der Waals surface area contributed by atoms with E-state index in [2.05, 4.69) is 12.2 Å². The molecule has 0 aromatic rings. The zero-order valence-electron chi connectivity index (χ0n) is 12.7. The Morgan fingerprint density at radius 2 is 2.00 bits per heavy atom. The van der Waals surface area contributed by atoms with Gasteiger partial charge < -0.3 is 15.0 Å². The molecule has 1 fully saturated rings. The molecule has 0 bridgehead atoms. The van der Waals surface area contributed by atoms with Crippen molar-refractivity contribution in [2.75, 3.05) is 13.1 Å². The van der Waals surface area contributed by atoms with Gasteiger partial charge in [-0.2, -0.15) is 0 Å². The Bertz CT molecular complexity index is 336. The molecule has 1 N–H and O–H groups in total. The highest BCUT2D eigenvalue weighted by molar-refractivity contribution is 5.85. The smallest absolute Gasteiger partial charge is 0.408 e. The topological polar surface area (TPSA) is 58.6 Å². The minimum atomic E-state index is -0.549. The van der Waals surface area contributed by atoms with Gasteiger partial charge in [0.1, 0.15) is 11.6 Å². The first-order chi connectivity index (χ1) is 8.69. The second-order valence-corrected chi connectivity index (χ2v) is 6.40. The van der Waals surface area contributed by atoms with Gasteiger partial charge in [-0.05, 0) is 46.5 Å². The van der Waals surface area contributed by atoms with Crippen LogP contribution in [0.2, 0.25) is 0 Å². The lowest BCUT2D eigenvalue weighted by molar-refractivity contribution is -0.134. The van der Waals surface area contributed by atoms with Crippen molar-refractivity contribution in [3.63, 3.8) is 0 Å². The highest BCUT2D eigenvalue weighted by atomic mass is 16.6. The summed E-state index contributed by atoms with van der Waals surface area (Å²) in [6.45, 7) is 10.8. The van der Waals surface area contributed by atoms with Gasteiger partial charge >= 0.3 is 6.09 Å². The second-order valence-electron chi connectivity index (χ2n) is 6.40. The van der Waals surface area contributed by atoms with E-state index in [0.717, 1.165) is 25.9 Å². The maximum atomic E-state index is 12.2. The highest BCUT2D eigenvalue weighted by Crippen LogP contribution is 2.16. The first-order valence-electron chi connectivity index (χ1n) is 6.97. The Labute approximate surface area is 115 Å². The van der Waals surface area contributed by atoms with Crippen LogP contribution in [0.15, 0.2) is 0 Å². The third kappa shape index (κ3) is 5.49. The maximum absolute atomic E-state index is 12.2. The summed E-state index contributed by atoms with van der Waals surface area (Å²) in [6, 6.07) is -0.542. The van der Waals surface area contributed by atoms with E-state index in [0.29, 0.717) is 5.92 Å². The fourth-order valence-electron chi connectivity index (χ4n) is 2.21. The minimum absolute atomic E-state index is 0.0302. The molecule has 1 aliphatic heterocycles. The fourth-order valence-corrected chi connectivity index (χ4v) is 2.21. The first-order valence-corrected chi connectivity index (χ1v) is 6.97. The highest BCUT2D eigenvalue weighted by Gasteiger charge is 2.27. The number of carbonyl (C=O) groups is 2. The summed E-state index contributed by atoms with van der Waals surface area (Å²) in [6.07, 6.45) is 1.65. The van der Waals surface area contributed by atoms with E-state index in [4.69, 9.17) is 4.74 Å². The second kappa shape index (κ2) is 6.26. The summed E-state index contributed by atoms with van der Waals surface area (Å²) in [5.74, 6) is 0.504. The number of amides is 2. The molecule has 1 heterocycles. The van der Waals surface area contributed by atoms with Gasteiger partial charge in [-0.3, -0.25) is 4.79 Å². The lowest BCUT2D eigenvalue weighted by Gasteiger charge is -2.33. The first kappa shape index (κ1) is 15.8. The Morgan fingerprint density at radius 1 is 1.37 bits per heavy atom. The van der Waals surface area contributed by atoms with Crippen LogP contribution in [0.3, 0.4) is 0 Å². The number of likely N-dealkylation sites (tertiary alicyclic amines) is 1. The Balaban J connectivity index is 2.46. The van der Waals surface area contributed by atoms with E-state index in [9.17, 15) is 9.59 Å². The zero-order valence-corrected chi connectivity index (χ0v) is 12.7. The molecular weight excluding hydrogens is 244 g/mol. The van der Waals surface area contributed by atoms with Crippen molar-refractivity contribution in [2.24, 2.45) is 5.92 Å². The Hall–Kier alpha value is -1.26. The van der Waals surface area contributed by atoms with E-state index in [-0.39, 0.29) is 5.91 Å². The van der Waals surface area contributed by atoms with Crippen LogP contribution in [0.25, 0.3) is 0 Å². The molecule has 5 heteroatoms. The van der Waals surface area contributed by atoms with Crippen molar-refractivity contribution in [3.8, 4) is 0 Å². The van der Waals surface area contributed by atoms with Crippen LogP contribution >= 0.6 is 0 Å². The van der Waals surface area contributed by atoms with E-state index in [1.165, 1.54) is 0 Å². The van der Waals surface area contributed by atoms with Gasteiger partial charge in [-0.1, -0.05) is 6.92 Å². The van der Waals surface area contributed by atoms with Crippen molar-refractivity contribution in [1.82, 2.24) is 10.2 Å². The lowest BCUT2D eigenvalue weighted by Crippen LogP contribution is -2.50. The van der Waals surface area contributed by atoms with Crippen LogP contribution in [0, 0.1) is 5.92 Å². The van der Waals surface area contributed by atoms with Crippen molar-refractivity contribution in [3.05, 3.63) is 0 Å². The molecule has 1 rings (SSSR count). The minimum Gasteiger partial charge on any atom is -0.444 e. The lowest BCUT2D eigenvalue weighted by atomic mass is 10.00. The number of rotatable bonds is 2. The van der Waals surface area contributed by atoms with Gasteiger partial charge in [0.2, 0.25) is 5.91 Å². The number of hydrogen-bond donors (Lipinski definition) is 1. The number of alkyl carbamates (subject to hydrolysis) is 1. The summed E-state index contributed by atoms with van der Waals surface area (Å²) in [5, 5.41) is 2.60. The van der Waals surface area contributed by atoms with Crippen LogP contribution in [0.4, 0.5) is 4.79 Å². The van der Waals surface area contributed by atoms with Gasteiger partial charge in [0.25, 0.3) is 0 Å². The number of nitrogens with one attached hydrogen (secondary N) is 1. The molecule has 1 saturated heterocycles. The largest absolute Gasteiger partial charge is 0.444 e.